The molecule has 0 spiro atoms. The molecule has 7 nitrogen and oxygen atoms in total. The maximum absolute atomic E-state index is 9.60. The Hall–Kier alpha value is -2.15. The van der Waals surface area contributed by atoms with Gasteiger partial charge in [0.05, 0.1) is 6.61 Å². The summed E-state index contributed by atoms with van der Waals surface area (Å²) >= 11 is 0. The van der Waals surface area contributed by atoms with Crippen LogP contribution in [0.1, 0.15) is 20.8 Å². The van der Waals surface area contributed by atoms with Crippen molar-refractivity contribution in [1.29, 1.82) is 0 Å². The van der Waals surface area contributed by atoms with Gasteiger partial charge in [-0.2, -0.15) is 0 Å². The van der Waals surface area contributed by atoms with E-state index in [9.17, 15) is 14.4 Å². The van der Waals surface area contributed by atoms with Crippen molar-refractivity contribution >= 4 is 18.4 Å². The van der Waals surface area contributed by atoms with E-state index in [4.69, 9.17) is 10.2 Å². The van der Waals surface area contributed by atoms with Crippen LogP contribution in [-0.2, 0) is 19.1 Å². The summed E-state index contributed by atoms with van der Waals surface area (Å²) in [6.45, 7) is 11.9. The van der Waals surface area contributed by atoms with E-state index in [-0.39, 0.29) is 17.3 Å². The fourth-order valence-corrected chi connectivity index (χ4v) is 0.0680. The standard InChI is InChI=1S/2C4H6O2.C3H6O2.H3N/c2*1-3(2)4(5)6;1-2-5-3-4;/h2*1H2,2H3,(H,5,6);3H,2H2,1H3;1H3. The van der Waals surface area contributed by atoms with E-state index in [0.717, 1.165) is 0 Å². The molecule has 0 bridgehead atoms. The summed E-state index contributed by atoms with van der Waals surface area (Å²) in [6.07, 6.45) is 0. The van der Waals surface area contributed by atoms with Crippen LogP contribution in [0.2, 0.25) is 0 Å². The molecule has 0 heterocycles. The molecule has 0 aliphatic heterocycles. The third-order valence-corrected chi connectivity index (χ3v) is 0.965. The van der Waals surface area contributed by atoms with E-state index in [1.54, 1.807) is 6.92 Å². The average molecular weight is 263 g/mol. The molecule has 7 heteroatoms. The summed E-state index contributed by atoms with van der Waals surface area (Å²) < 4.78 is 4.15. The fraction of sp³-hybridized carbons (Fsp3) is 0.364. The zero-order valence-electron chi connectivity index (χ0n) is 10.9. The second-order valence-electron chi connectivity index (χ2n) is 2.72. The van der Waals surface area contributed by atoms with E-state index in [2.05, 4.69) is 17.9 Å². The fourth-order valence-electron chi connectivity index (χ4n) is 0.0680. The molecule has 18 heavy (non-hydrogen) atoms. The number of carbonyl (C=O) groups is 3. The molecule has 0 saturated heterocycles. The Morgan fingerprint density at radius 3 is 1.33 bits per heavy atom. The van der Waals surface area contributed by atoms with Gasteiger partial charge in [-0.25, -0.2) is 9.59 Å². The van der Waals surface area contributed by atoms with Crippen molar-refractivity contribution in [1.82, 2.24) is 6.15 Å². The first kappa shape index (κ1) is 24.9. The lowest BCUT2D eigenvalue weighted by molar-refractivity contribution is -0.133. The van der Waals surface area contributed by atoms with Gasteiger partial charge in [0.1, 0.15) is 0 Å². The van der Waals surface area contributed by atoms with Gasteiger partial charge >= 0.3 is 11.9 Å². The largest absolute Gasteiger partial charge is 0.478 e. The Morgan fingerprint density at radius 1 is 1.11 bits per heavy atom. The molecular weight excluding hydrogens is 242 g/mol. The Kier molecular flexibility index (Phi) is 23.9. The van der Waals surface area contributed by atoms with Crippen molar-refractivity contribution in [2.75, 3.05) is 6.61 Å². The SMILES string of the molecule is C=C(C)C(=O)O.C=C(C)C(=O)O.CCOC=O.N. The predicted molar refractivity (Wildman–Crippen MR) is 67.6 cm³/mol. The van der Waals surface area contributed by atoms with Crippen LogP contribution < -0.4 is 6.15 Å². The highest BCUT2D eigenvalue weighted by Gasteiger charge is 1.90. The van der Waals surface area contributed by atoms with E-state index >= 15 is 0 Å². The third-order valence-electron chi connectivity index (χ3n) is 0.965. The van der Waals surface area contributed by atoms with E-state index < -0.39 is 11.9 Å². The van der Waals surface area contributed by atoms with Crippen molar-refractivity contribution < 1.29 is 29.3 Å². The van der Waals surface area contributed by atoms with Crippen LogP contribution >= 0.6 is 0 Å². The average Bonchev–Trinajstić information content (AvgIpc) is 2.20. The summed E-state index contributed by atoms with van der Waals surface area (Å²) in [6, 6.07) is 0. The number of carboxylic acids is 2. The van der Waals surface area contributed by atoms with E-state index in [1.165, 1.54) is 13.8 Å². The van der Waals surface area contributed by atoms with Crippen molar-refractivity contribution in [2.24, 2.45) is 0 Å². The van der Waals surface area contributed by atoms with Gasteiger partial charge in [0.25, 0.3) is 6.47 Å². The van der Waals surface area contributed by atoms with Crippen molar-refractivity contribution in [3.8, 4) is 0 Å². The minimum absolute atomic E-state index is 0. The molecule has 0 atom stereocenters. The predicted octanol–water partition coefficient (Wildman–Crippen LogP) is 1.64. The lowest BCUT2D eigenvalue weighted by Gasteiger charge is -1.79. The minimum Gasteiger partial charge on any atom is -0.478 e. The topological polar surface area (TPSA) is 136 Å². The molecule has 106 valence electrons. The van der Waals surface area contributed by atoms with E-state index in [0.29, 0.717) is 13.1 Å². The van der Waals surface area contributed by atoms with Gasteiger partial charge in [0.15, 0.2) is 0 Å². The zero-order valence-corrected chi connectivity index (χ0v) is 10.9. The smallest absolute Gasteiger partial charge is 0.330 e. The van der Waals surface area contributed by atoms with Crippen LogP contribution in [-0.4, -0.2) is 35.2 Å². The van der Waals surface area contributed by atoms with Crippen molar-refractivity contribution in [2.45, 2.75) is 20.8 Å². The van der Waals surface area contributed by atoms with Crippen LogP contribution in [0.25, 0.3) is 0 Å². The van der Waals surface area contributed by atoms with Gasteiger partial charge in [-0.15, -0.1) is 0 Å². The van der Waals surface area contributed by atoms with Gasteiger partial charge in [0.2, 0.25) is 0 Å². The number of carboxylic acid groups (broad SMARTS) is 2. The summed E-state index contributed by atoms with van der Waals surface area (Å²) in [7, 11) is 0. The zero-order chi connectivity index (χ0) is 14.4. The maximum atomic E-state index is 9.60. The molecule has 0 radical (unpaired) electrons. The molecule has 0 aliphatic carbocycles. The highest BCUT2D eigenvalue weighted by atomic mass is 16.5. The second-order valence-corrected chi connectivity index (χ2v) is 2.72. The number of aliphatic carboxylic acids is 2. The molecule has 0 saturated carbocycles. The minimum atomic E-state index is -0.935. The first-order valence-electron chi connectivity index (χ1n) is 4.53. The summed E-state index contributed by atoms with van der Waals surface area (Å²) in [5.41, 5.74) is 0.352. The number of carbonyl (C=O) groups excluding carboxylic acids is 1. The first-order valence-corrected chi connectivity index (χ1v) is 4.53. The van der Waals surface area contributed by atoms with Gasteiger partial charge in [-0.3, -0.25) is 4.79 Å². The Labute approximate surface area is 106 Å². The van der Waals surface area contributed by atoms with Crippen LogP contribution in [0.3, 0.4) is 0 Å². The van der Waals surface area contributed by atoms with Crippen LogP contribution in [0.5, 0.6) is 0 Å². The summed E-state index contributed by atoms with van der Waals surface area (Å²) in [5.74, 6) is -1.87. The molecule has 5 N–H and O–H groups in total. The molecule has 0 unspecified atom stereocenters. The van der Waals surface area contributed by atoms with Crippen LogP contribution in [0.15, 0.2) is 24.3 Å². The lowest BCUT2D eigenvalue weighted by atomic mass is 10.4. The normalized spacial score (nSPS) is 6.83. The first-order chi connectivity index (χ1) is 7.70. The Morgan fingerprint density at radius 2 is 1.33 bits per heavy atom. The van der Waals surface area contributed by atoms with E-state index in [1.807, 2.05) is 0 Å². The van der Waals surface area contributed by atoms with Crippen LogP contribution in [0.4, 0.5) is 0 Å². The van der Waals surface area contributed by atoms with Gasteiger partial charge in [0, 0.05) is 11.1 Å². The van der Waals surface area contributed by atoms with Crippen molar-refractivity contribution in [3.63, 3.8) is 0 Å². The molecule has 0 aromatic heterocycles. The Bertz CT molecular complexity index is 237. The quantitative estimate of drug-likeness (QED) is 0.518. The van der Waals surface area contributed by atoms with Crippen LogP contribution in [0, 0.1) is 0 Å². The highest BCUT2D eigenvalue weighted by molar-refractivity contribution is 5.85. The second kappa shape index (κ2) is 17.3. The van der Waals surface area contributed by atoms with Gasteiger partial charge in [-0.05, 0) is 20.8 Å². The lowest BCUT2D eigenvalue weighted by Crippen LogP contribution is -1.92. The third kappa shape index (κ3) is 37.1. The molecule has 0 aromatic carbocycles. The maximum Gasteiger partial charge on any atom is 0.330 e. The van der Waals surface area contributed by atoms with Gasteiger partial charge in [-0.1, -0.05) is 13.2 Å². The van der Waals surface area contributed by atoms with Crippen molar-refractivity contribution in [3.05, 3.63) is 24.3 Å². The number of rotatable bonds is 4. The molecule has 0 amide bonds. The molecule has 0 aliphatic rings. The molecule has 0 fully saturated rings. The number of hydrogen-bond donors (Lipinski definition) is 3. The highest BCUT2D eigenvalue weighted by Crippen LogP contribution is 1.81. The Balaban J connectivity index is -0.0000000799. The summed E-state index contributed by atoms with van der Waals surface area (Å²) in [5, 5.41) is 15.8. The molecule has 0 aromatic rings. The molecule has 0 rings (SSSR count). The van der Waals surface area contributed by atoms with Gasteiger partial charge < -0.3 is 21.1 Å². The molecular formula is C11H21NO6. The number of ether oxygens (including phenoxy) is 1. The monoisotopic (exact) mass is 263 g/mol. The summed E-state index contributed by atoms with van der Waals surface area (Å²) in [4.78, 5) is 28.4. The number of hydrogen-bond acceptors (Lipinski definition) is 5.